The van der Waals surface area contributed by atoms with Crippen molar-refractivity contribution in [3.63, 3.8) is 0 Å². The summed E-state index contributed by atoms with van der Waals surface area (Å²) in [5.74, 6) is 0.0687. The van der Waals surface area contributed by atoms with Crippen LogP contribution in [0.5, 0.6) is 5.75 Å². The number of benzene rings is 2. The molecule has 0 aliphatic heterocycles. The molecule has 0 saturated heterocycles. The van der Waals surface area contributed by atoms with Gasteiger partial charge in [0.25, 0.3) is 0 Å². The fraction of sp³-hybridized carbons (Fsp3) is 0.0714. The standard InChI is InChI=1S/C14H10BrFN2O/c15-12-3-2-11(18)6-14(12)19-8-9-1-4-13(16)10(5-9)7-17/h1-6H,8,18H2. The first kappa shape index (κ1) is 13.4. The van der Waals surface area contributed by atoms with E-state index in [1.165, 1.54) is 12.1 Å². The van der Waals surface area contributed by atoms with Crippen molar-refractivity contribution in [2.75, 3.05) is 5.73 Å². The van der Waals surface area contributed by atoms with E-state index in [0.29, 0.717) is 17.0 Å². The lowest BCUT2D eigenvalue weighted by atomic mass is 10.1. The summed E-state index contributed by atoms with van der Waals surface area (Å²) in [5, 5.41) is 8.75. The Hall–Kier alpha value is -2.06. The summed E-state index contributed by atoms with van der Waals surface area (Å²) in [7, 11) is 0. The zero-order chi connectivity index (χ0) is 13.8. The van der Waals surface area contributed by atoms with Crippen LogP contribution in [0.2, 0.25) is 0 Å². The van der Waals surface area contributed by atoms with E-state index in [0.717, 1.165) is 4.47 Å². The molecular weight excluding hydrogens is 311 g/mol. The Labute approximate surface area is 118 Å². The Balaban J connectivity index is 2.15. The van der Waals surface area contributed by atoms with E-state index < -0.39 is 5.82 Å². The molecule has 0 unspecified atom stereocenters. The van der Waals surface area contributed by atoms with Crippen LogP contribution in [0.25, 0.3) is 0 Å². The van der Waals surface area contributed by atoms with E-state index >= 15 is 0 Å². The molecule has 2 aromatic rings. The lowest BCUT2D eigenvalue weighted by Crippen LogP contribution is -1.98. The van der Waals surface area contributed by atoms with E-state index in [1.54, 1.807) is 30.3 Å². The Kier molecular flexibility index (Phi) is 4.03. The molecule has 0 fully saturated rings. The van der Waals surface area contributed by atoms with Crippen molar-refractivity contribution < 1.29 is 9.13 Å². The number of rotatable bonds is 3. The summed E-state index contributed by atoms with van der Waals surface area (Å²) >= 11 is 3.35. The van der Waals surface area contributed by atoms with Gasteiger partial charge in [-0.2, -0.15) is 5.26 Å². The van der Waals surface area contributed by atoms with Gasteiger partial charge in [-0.25, -0.2) is 4.39 Å². The van der Waals surface area contributed by atoms with Crippen LogP contribution >= 0.6 is 15.9 Å². The smallest absolute Gasteiger partial charge is 0.140 e. The number of hydrogen-bond donors (Lipinski definition) is 1. The van der Waals surface area contributed by atoms with Crippen LogP contribution in [0.3, 0.4) is 0 Å². The van der Waals surface area contributed by atoms with Gasteiger partial charge in [0.15, 0.2) is 0 Å². The molecule has 0 aliphatic carbocycles. The molecule has 2 N–H and O–H groups in total. The van der Waals surface area contributed by atoms with Crippen molar-refractivity contribution in [3.05, 3.63) is 57.8 Å². The zero-order valence-corrected chi connectivity index (χ0v) is 11.4. The van der Waals surface area contributed by atoms with Crippen molar-refractivity contribution >= 4 is 21.6 Å². The van der Waals surface area contributed by atoms with Gasteiger partial charge in [0.05, 0.1) is 10.0 Å². The maximum absolute atomic E-state index is 13.2. The van der Waals surface area contributed by atoms with Gasteiger partial charge in [-0.1, -0.05) is 6.07 Å². The van der Waals surface area contributed by atoms with Gasteiger partial charge in [-0.3, -0.25) is 0 Å². The van der Waals surface area contributed by atoms with E-state index in [-0.39, 0.29) is 12.2 Å². The highest BCUT2D eigenvalue weighted by atomic mass is 79.9. The van der Waals surface area contributed by atoms with Crippen LogP contribution in [0.15, 0.2) is 40.9 Å². The van der Waals surface area contributed by atoms with Crippen molar-refractivity contribution in [1.29, 1.82) is 5.26 Å². The highest BCUT2D eigenvalue weighted by Gasteiger charge is 2.05. The SMILES string of the molecule is N#Cc1cc(COc2cc(N)ccc2Br)ccc1F. The highest BCUT2D eigenvalue weighted by molar-refractivity contribution is 9.10. The predicted octanol–water partition coefficient (Wildman–Crippen LogP) is 3.62. The van der Waals surface area contributed by atoms with E-state index in [2.05, 4.69) is 15.9 Å². The second-order valence-corrected chi connectivity index (χ2v) is 4.76. The van der Waals surface area contributed by atoms with Gasteiger partial charge in [0.2, 0.25) is 0 Å². The number of nitriles is 1. The number of nitrogens with two attached hydrogens (primary N) is 1. The third-order valence-corrected chi connectivity index (χ3v) is 3.16. The summed E-state index contributed by atoms with van der Waals surface area (Å²) in [6.07, 6.45) is 0. The molecule has 5 heteroatoms. The molecule has 0 atom stereocenters. The minimum absolute atomic E-state index is 0.00717. The molecule has 0 spiro atoms. The molecule has 2 aromatic carbocycles. The monoisotopic (exact) mass is 320 g/mol. The predicted molar refractivity (Wildman–Crippen MR) is 74.0 cm³/mol. The highest BCUT2D eigenvalue weighted by Crippen LogP contribution is 2.27. The third kappa shape index (κ3) is 3.24. The van der Waals surface area contributed by atoms with Crippen molar-refractivity contribution in [2.45, 2.75) is 6.61 Å². The Morgan fingerprint density at radius 2 is 2.05 bits per heavy atom. The summed E-state index contributed by atoms with van der Waals surface area (Å²) < 4.78 is 19.5. The molecule has 19 heavy (non-hydrogen) atoms. The van der Waals surface area contributed by atoms with E-state index in [9.17, 15) is 4.39 Å². The number of hydrogen-bond acceptors (Lipinski definition) is 3. The molecule has 3 nitrogen and oxygen atoms in total. The lowest BCUT2D eigenvalue weighted by Gasteiger charge is -2.09. The molecule has 0 heterocycles. The van der Waals surface area contributed by atoms with Crippen LogP contribution in [-0.2, 0) is 6.61 Å². The largest absolute Gasteiger partial charge is 0.488 e. The third-order valence-electron chi connectivity index (χ3n) is 2.50. The van der Waals surface area contributed by atoms with Crippen molar-refractivity contribution in [1.82, 2.24) is 0 Å². The summed E-state index contributed by atoms with van der Waals surface area (Å²) in [6, 6.07) is 11.3. The second-order valence-electron chi connectivity index (χ2n) is 3.90. The number of nitrogen functional groups attached to an aromatic ring is 1. The maximum atomic E-state index is 13.2. The average molecular weight is 321 g/mol. The van der Waals surface area contributed by atoms with Gasteiger partial charge >= 0.3 is 0 Å². The molecule has 0 amide bonds. The number of anilines is 1. The first-order valence-corrected chi connectivity index (χ1v) is 6.26. The normalized spacial score (nSPS) is 9.95. The molecule has 96 valence electrons. The fourth-order valence-corrected chi connectivity index (χ4v) is 1.90. The number of halogens is 2. The van der Waals surface area contributed by atoms with E-state index in [4.69, 9.17) is 15.7 Å². The average Bonchev–Trinajstić information content (AvgIpc) is 2.41. The van der Waals surface area contributed by atoms with Crippen molar-refractivity contribution in [2.24, 2.45) is 0 Å². The van der Waals surface area contributed by atoms with Crippen molar-refractivity contribution in [3.8, 4) is 11.8 Å². The van der Waals surface area contributed by atoms with Gasteiger partial charge < -0.3 is 10.5 Å². The number of ether oxygens (including phenoxy) is 1. The quantitative estimate of drug-likeness (QED) is 0.879. The summed E-state index contributed by atoms with van der Waals surface area (Å²) in [6.45, 7) is 0.233. The van der Waals surface area contributed by atoms with Crippen LogP contribution in [-0.4, -0.2) is 0 Å². The molecule has 0 radical (unpaired) electrons. The Morgan fingerprint density at radius 1 is 1.26 bits per heavy atom. The van der Waals surface area contributed by atoms with Gasteiger partial charge in [-0.15, -0.1) is 0 Å². The van der Waals surface area contributed by atoms with Gasteiger partial charge in [0.1, 0.15) is 24.2 Å². The van der Waals surface area contributed by atoms with Gasteiger partial charge in [0, 0.05) is 11.8 Å². The summed E-state index contributed by atoms with van der Waals surface area (Å²) in [4.78, 5) is 0. The van der Waals surface area contributed by atoms with E-state index in [1.807, 2.05) is 0 Å². The van der Waals surface area contributed by atoms with Crippen LogP contribution in [0.4, 0.5) is 10.1 Å². The number of nitrogens with zero attached hydrogens (tertiary/aromatic N) is 1. The lowest BCUT2D eigenvalue weighted by molar-refractivity contribution is 0.304. The first-order valence-electron chi connectivity index (χ1n) is 5.46. The first-order chi connectivity index (χ1) is 9.10. The topological polar surface area (TPSA) is 59.0 Å². The minimum atomic E-state index is -0.531. The zero-order valence-electron chi connectivity index (χ0n) is 9.86. The molecule has 0 aromatic heterocycles. The van der Waals surface area contributed by atoms with Crippen LogP contribution in [0.1, 0.15) is 11.1 Å². The Bertz CT molecular complexity index is 652. The fourth-order valence-electron chi connectivity index (χ4n) is 1.54. The molecule has 0 bridgehead atoms. The van der Waals surface area contributed by atoms with Gasteiger partial charge in [-0.05, 0) is 45.8 Å². The summed E-state index contributed by atoms with van der Waals surface area (Å²) in [5.41, 5.74) is 6.98. The second kappa shape index (κ2) is 5.72. The Morgan fingerprint density at radius 3 is 2.79 bits per heavy atom. The molecule has 2 rings (SSSR count). The maximum Gasteiger partial charge on any atom is 0.140 e. The minimum Gasteiger partial charge on any atom is -0.488 e. The molecule has 0 aliphatic rings. The van der Waals surface area contributed by atoms with Crippen LogP contribution in [0, 0.1) is 17.1 Å². The molecule has 0 saturated carbocycles. The molecular formula is C14H10BrFN2O. The van der Waals surface area contributed by atoms with Crippen LogP contribution < -0.4 is 10.5 Å².